The number of allylic oxidation sites excluding steroid dienone is 2. The van der Waals surface area contributed by atoms with Gasteiger partial charge in [-0.1, -0.05) is 0 Å². The summed E-state index contributed by atoms with van der Waals surface area (Å²) in [6, 6.07) is 0. The van der Waals surface area contributed by atoms with Crippen molar-refractivity contribution in [3.63, 3.8) is 0 Å². The number of hydrogen-bond donors (Lipinski definition) is 0. The molecule has 2 aliphatic rings. The van der Waals surface area contributed by atoms with Gasteiger partial charge in [-0.15, -0.1) is 0 Å². The van der Waals surface area contributed by atoms with Crippen LogP contribution in [-0.2, 0) is 0 Å². The molecule has 0 N–H and O–H groups in total. The van der Waals surface area contributed by atoms with Gasteiger partial charge >= 0.3 is 0 Å². The van der Waals surface area contributed by atoms with Gasteiger partial charge < -0.3 is 4.90 Å². The third-order valence-electron chi connectivity index (χ3n) is 1.58. The van der Waals surface area contributed by atoms with Crippen molar-refractivity contribution in [2.45, 2.75) is 0 Å². The van der Waals surface area contributed by atoms with Gasteiger partial charge in [0, 0.05) is 17.2 Å². The molecule has 0 saturated heterocycles. The highest BCUT2D eigenvalue weighted by Gasteiger charge is 2.14. The van der Waals surface area contributed by atoms with Crippen LogP contribution in [0.15, 0.2) is 27.8 Å². The van der Waals surface area contributed by atoms with E-state index in [1.807, 2.05) is 12.2 Å². The van der Waals surface area contributed by atoms with Crippen molar-refractivity contribution in [1.29, 1.82) is 0 Å². The molecule has 52 valence electrons. The first kappa shape index (κ1) is 6.16. The summed E-state index contributed by atoms with van der Waals surface area (Å²) in [4.78, 5) is 6.43. The molecule has 10 heavy (non-hydrogen) atoms. The average Bonchev–Trinajstić information content (AvgIpc) is 2.33. The fraction of sp³-hybridized carbons (Fsp3) is 0.286. The van der Waals surface area contributed by atoms with Crippen LogP contribution in [0.4, 0.5) is 0 Å². The van der Waals surface area contributed by atoms with Crippen molar-refractivity contribution in [1.82, 2.24) is 4.90 Å². The van der Waals surface area contributed by atoms with Crippen LogP contribution in [0, 0.1) is 0 Å². The second-order valence-corrected chi connectivity index (χ2v) is 3.20. The molecular formula is C7H7BrN2. The van der Waals surface area contributed by atoms with E-state index in [9.17, 15) is 0 Å². The van der Waals surface area contributed by atoms with Crippen LogP contribution in [0.1, 0.15) is 0 Å². The quantitative estimate of drug-likeness (QED) is 0.577. The van der Waals surface area contributed by atoms with E-state index < -0.39 is 0 Å². The predicted octanol–water partition coefficient (Wildman–Crippen LogP) is 1.51. The molecule has 0 bridgehead atoms. The molecule has 2 rings (SSSR count). The number of rotatable bonds is 0. The van der Waals surface area contributed by atoms with Gasteiger partial charge in [-0.2, -0.15) is 0 Å². The minimum atomic E-state index is 0.927. The van der Waals surface area contributed by atoms with Crippen molar-refractivity contribution in [2.75, 3.05) is 13.1 Å². The maximum atomic E-state index is 4.28. The van der Waals surface area contributed by atoms with Gasteiger partial charge in [0.25, 0.3) is 0 Å². The molecule has 0 atom stereocenters. The van der Waals surface area contributed by atoms with Crippen molar-refractivity contribution in [3.8, 4) is 0 Å². The SMILES string of the molecule is BrC1=CN2CCN=C2C=C1. The normalized spacial score (nSPS) is 22.3. The highest BCUT2D eigenvalue weighted by molar-refractivity contribution is 9.11. The van der Waals surface area contributed by atoms with E-state index in [0.717, 1.165) is 23.4 Å². The van der Waals surface area contributed by atoms with Crippen LogP contribution in [-0.4, -0.2) is 23.8 Å². The first-order chi connectivity index (χ1) is 4.86. The number of amidine groups is 1. The molecule has 0 aromatic rings. The molecule has 2 heterocycles. The summed E-state index contributed by atoms with van der Waals surface area (Å²) in [7, 11) is 0. The van der Waals surface area contributed by atoms with Crippen LogP contribution >= 0.6 is 15.9 Å². The third-order valence-corrected chi connectivity index (χ3v) is 2.05. The van der Waals surface area contributed by atoms with Crippen LogP contribution < -0.4 is 0 Å². The summed E-state index contributed by atoms with van der Waals surface area (Å²) in [5.41, 5.74) is 0. The molecule has 0 fully saturated rings. The number of halogens is 1. The van der Waals surface area contributed by atoms with Crippen LogP contribution in [0.2, 0.25) is 0 Å². The number of hydrogen-bond acceptors (Lipinski definition) is 2. The summed E-state index contributed by atoms with van der Waals surface area (Å²) in [6.07, 6.45) is 6.10. The number of aliphatic imine (C=N–C) groups is 1. The standard InChI is InChI=1S/C7H7BrN2/c8-6-1-2-7-9-3-4-10(7)5-6/h1-2,5H,3-4H2. The van der Waals surface area contributed by atoms with Gasteiger partial charge in [0.1, 0.15) is 5.84 Å². The van der Waals surface area contributed by atoms with E-state index in [-0.39, 0.29) is 0 Å². The fourth-order valence-corrected chi connectivity index (χ4v) is 1.48. The Morgan fingerprint density at radius 3 is 3.30 bits per heavy atom. The second kappa shape index (κ2) is 2.23. The highest BCUT2D eigenvalue weighted by Crippen LogP contribution is 2.17. The van der Waals surface area contributed by atoms with Crippen molar-refractivity contribution >= 4 is 21.8 Å². The van der Waals surface area contributed by atoms with E-state index in [0.29, 0.717) is 0 Å². The molecule has 0 aliphatic carbocycles. The summed E-state index contributed by atoms with van der Waals surface area (Å²) in [5, 5.41) is 0. The first-order valence-corrected chi connectivity index (χ1v) is 4.02. The Kier molecular flexibility index (Phi) is 1.38. The molecule has 3 heteroatoms. The Bertz CT molecular complexity index is 240. The summed E-state index contributed by atoms with van der Waals surface area (Å²) >= 11 is 3.40. The predicted molar refractivity (Wildman–Crippen MR) is 45.2 cm³/mol. The lowest BCUT2D eigenvalue weighted by molar-refractivity contribution is 0.610. The monoisotopic (exact) mass is 198 g/mol. The summed E-state index contributed by atoms with van der Waals surface area (Å²) in [5.74, 6) is 1.09. The van der Waals surface area contributed by atoms with Gasteiger partial charge in [0.15, 0.2) is 0 Å². The highest BCUT2D eigenvalue weighted by atomic mass is 79.9. The smallest absolute Gasteiger partial charge is 0.127 e. The largest absolute Gasteiger partial charge is 0.330 e. The number of fused-ring (bicyclic) bond motifs is 1. The molecule has 0 radical (unpaired) electrons. The summed E-state index contributed by atoms with van der Waals surface area (Å²) < 4.78 is 1.12. The molecule has 2 nitrogen and oxygen atoms in total. The molecule has 0 unspecified atom stereocenters. The Hall–Kier alpha value is -0.570. The zero-order valence-corrected chi connectivity index (χ0v) is 7.00. The average molecular weight is 199 g/mol. The molecule has 0 saturated carbocycles. The Morgan fingerprint density at radius 2 is 2.40 bits per heavy atom. The topological polar surface area (TPSA) is 15.6 Å². The number of nitrogens with zero attached hydrogens (tertiary/aromatic N) is 2. The molecule has 2 aliphatic heterocycles. The van der Waals surface area contributed by atoms with Crippen LogP contribution in [0.5, 0.6) is 0 Å². The molecule has 0 aromatic carbocycles. The lowest BCUT2D eigenvalue weighted by Gasteiger charge is -2.15. The maximum Gasteiger partial charge on any atom is 0.127 e. The Morgan fingerprint density at radius 1 is 1.50 bits per heavy atom. The maximum absolute atomic E-state index is 4.28. The van der Waals surface area contributed by atoms with E-state index in [1.54, 1.807) is 0 Å². The molecular weight excluding hydrogens is 192 g/mol. The molecule has 0 aromatic heterocycles. The van der Waals surface area contributed by atoms with E-state index in [1.165, 1.54) is 0 Å². The zero-order chi connectivity index (χ0) is 6.97. The lowest BCUT2D eigenvalue weighted by Crippen LogP contribution is -2.21. The van der Waals surface area contributed by atoms with E-state index >= 15 is 0 Å². The van der Waals surface area contributed by atoms with Gasteiger partial charge in [0.2, 0.25) is 0 Å². The minimum Gasteiger partial charge on any atom is -0.330 e. The lowest BCUT2D eigenvalue weighted by atomic mass is 10.3. The molecule has 0 amide bonds. The Labute approximate surface area is 68.1 Å². The zero-order valence-electron chi connectivity index (χ0n) is 5.42. The van der Waals surface area contributed by atoms with Crippen molar-refractivity contribution < 1.29 is 0 Å². The van der Waals surface area contributed by atoms with E-state index in [2.05, 4.69) is 32.0 Å². The van der Waals surface area contributed by atoms with Gasteiger partial charge in [0.05, 0.1) is 6.54 Å². The third kappa shape index (κ3) is 0.904. The molecule has 0 spiro atoms. The van der Waals surface area contributed by atoms with E-state index in [4.69, 9.17) is 0 Å². The first-order valence-electron chi connectivity index (χ1n) is 3.23. The van der Waals surface area contributed by atoms with Crippen molar-refractivity contribution in [3.05, 3.63) is 22.8 Å². The van der Waals surface area contributed by atoms with Crippen LogP contribution in [0.25, 0.3) is 0 Å². The fourth-order valence-electron chi connectivity index (χ4n) is 1.10. The summed E-state index contributed by atoms with van der Waals surface area (Å²) in [6.45, 7) is 1.95. The van der Waals surface area contributed by atoms with Gasteiger partial charge in [-0.25, -0.2) is 0 Å². The second-order valence-electron chi connectivity index (χ2n) is 2.28. The van der Waals surface area contributed by atoms with Gasteiger partial charge in [-0.05, 0) is 28.1 Å². The van der Waals surface area contributed by atoms with Crippen LogP contribution in [0.3, 0.4) is 0 Å². The van der Waals surface area contributed by atoms with Gasteiger partial charge in [-0.3, -0.25) is 4.99 Å². The Balaban J connectivity index is 2.32. The minimum absolute atomic E-state index is 0.927. The van der Waals surface area contributed by atoms with Crippen molar-refractivity contribution in [2.24, 2.45) is 4.99 Å².